The Balaban J connectivity index is 1.69. The van der Waals surface area contributed by atoms with Crippen molar-refractivity contribution in [1.29, 1.82) is 0 Å². The summed E-state index contributed by atoms with van der Waals surface area (Å²) in [6.07, 6.45) is -2.55. The fourth-order valence-corrected chi connectivity index (χ4v) is 3.15. The van der Waals surface area contributed by atoms with Crippen LogP contribution in [0, 0.1) is 5.92 Å². The van der Waals surface area contributed by atoms with Crippen LogP contribution in [0.4, 0.5) is 24.5 Å². The highest BCUT2D eigenvalue weighted by Gasteiger charge is 2.30. The Kier molecular flexibility index (Phi) is 5.74. The van der Waals surface area contributed by atoms with Crippen molar-refractivity contribution < 1.29 is 22.8 Å². The number of carbonyl (C=O) groups excluding carboxylic acids is 2. The second-order valence-corrected chi connectivity index (χ2v) is 7.22. The summed E-state index contributed by atoms with van der Waals surface area (Å²) in [5, 5.41) is 5.40. The molecule has 2 amide bonds. The summed E-state index contributed by atoms with van der Waals surface area (Å²) in [4.78, 5) is 24.7. The van der Waals surface area contributed by atoms with Crippen molar-refractivity contribution in [3.8, 4) is 0 Å². The van der Waals surface area contributed by atoms with Crippen LogP contribution in [0.2, 0.25) is 0 Å². The van der Waals surface area contributed by atoms with Gasteiger partial charge in [0.1, 0.15) is 0 Å². The first-order valence-electron chi connectivity index (χ1n) is 8.33. The Bertz CT molecular complexity index is 851. The molecule has 0 aliphatic heterocycles. The van der Waals surface area contributed by atoms with Crippen molar-refractivity contribution in [2.75, 3.05) is 16.4 Å². The Morgan fingerprint density at radius 1 is 1.04 bits per heavy atom. The van der Waals surface area contributed by atoms with Gasteiger partial charge in [-0.2, -0.15) is 13.2 Å². The minimum Gasteiger partial charge on any atom is -0.326 e. The molecule has 8 heteroatoms. The van der Waals surface area contributed by atoms with E-state index in [9.17, 15) is 22.8 Å². The molecular weight excluding hydrogens is 377 g/mol. The van der Waals surface area contributed by atoms with Crippen molar-refractivity contribution >= 4 is 35.0 Å². The molecule has 0 saturated heterocycles. The molecule has 2 N–H and O–H groups in total. The molecule has 2 aromatic rings. The fourth-order valence-electron chi connectivity index (χ4n) is 2.38. The monoisotopic (exact) mass is 394 g/mol. The van der Waals surface area contributed by atoms with Crippen LogP contribution >= 0.6 is 11.8 Å². The maximum absolute atomic E-state index is 12.5. The summed E-state index contributed by atoms with van der Waals surface area (Å²) >= 11 is 0.616. The van der Waals surface area contributed by atoms with Crippen LogP contribution in [0.3, 0.4) is 0 Å². The lowest BCUT2D eigenvalue weighted by molar-refractivity contribution is -0.117. The van der Waals surface area contributed by atoms with Gasteiger partial charge in [0.15, 0.2) is 0 Å². The van der Waals surface area contributed by atoms with E-state index in [-0.39, 0.29) is 11.8 Å². The number of thioether (sulfide) groups is 1. The van der Waals surface area contributed by atoms with Gasteiger partial charge in [0.25, 0.3) is 5.91 Å². The summed E-state index contributed by atoms with van der Waals surface area (Å²) in [5.41, 5.74) is 1.13. The predicted molar refractivity (Wildman–Crippen MR) is 99.0 cm³/mol. The number of hydrogen-bond acceptors (Lipinski definition) is 3. The molecule has 3 rings (SSSR count). The summed E-state index contributed by atoms with van der Waals surface area (Å²) in [5.74, 6) is -1.53. The first kappa shape index (κ1) is 19.3. The van der Waals surface area contributed by atoms with Crippen LogP contribution in [-0.4, -0.2) is 23.7 Å². The van der Waals surface area contributed by atoms with E-state index in [1.54, 1.807) is 42.5 Å². The normalized spacial score (nSPS) is 13.9. The second kappa shape index (κ2) is 8.04. The number of rotatable bonds is 6. The zero-order valence-corrected chi connectivity index (χ0v) is 15.0. The molecule has 0 bridgehead atoms. The van der Waals surface area contributed by atoms with Crippen LogP contribution in [0.25, 0.3) is 0 Å². The number of alkyl halides is 3. The molecule has 1 aliphatic carbocycles. The molecular formula is C19H17F3N2O2S. The van der Waals surface area contributed by atoms with Gasteiger partial charge in [-0.1, -0.05) is 18.2 Å². The van der Waals surface area contributed by atoms with Gasteiger partial charge in [-0.05, 0) is 43.2 Å². The molecule has 27 heavy (non-hydrogen) atoms. The van der Waals surface area contributed by atoms with Gasteiger partial charge in [-0.15, -0.1) is 11.8 Å². The lowest BCUT2D eigenvalue weighted by Gasteiger charge is -2.12. The highest BCUT2D eigenvalue weighted by molar-refractivity contribution is 7.99. The SMILES string of the molecule is O=C(Nc1ccccc1SCC(F)(F)F)c1cccc(NC(=O)C2CC2)c1. The number of carbonyl (C=O) groups is 2. The molecule has 4 nitrogen and oxygen atoms in total. The summed E-state index contributed by atoms with van der Waals surface area (Å²) < 4.78 is 37.4. The van der Waals surface area contributed by atoms with Gasteiger partial charge in [-0.25, -0.2) is 0 Å². The Hall–Kier alpha value is -2.48. The molecule has 142 valence electrons. The average molecular weight is 394 g/mol. The fraction of sp³-hybridized carbons (Fsp3) is 0.263. The Labute approximate surface area is 158 Å². The topological polar surface area (TPSA) is 58.2 Å². The third-order valence-electron chi connectivity index (χ3n) is 3.87. The molecule has 0 radical (unpaired) electrons. The Morgan fingerprint density at radius 2 is 1.78 bits per heavy atom. The lowest BCUT2D eigenvalue weighted by atomic mass is 10.1. The van der Waals surface area contributed by atoms with Crippen LogP contribution in [0.5, 0.6) is 0 Å². The Morgan fingerprint density at radius 3 is 2.48 bits per heavy atom. The predicted octanol–water partition coefficient (Wildman–Crippen LogP) is 4.94. The van der Waals surface area contributed by atoms with E-state index in [0.717, 1.165) is 12.8 Å². The van der Waals surface area contributed by atoms with E-state index in [4.69, 9.17) is 0 Å². The van der Waals surface area contributed by atoms with Crippen molar-refractivity contribution in [3.63, 3.8) is 0 Å². The average Bonchev–Trinajstić information content (AvgIpc) is 3.46. The zero-order chi connectivity index (χ0) is 19.4. The van der Waals surface area contributed by atoms with Crippen molar-refractivity contribution in [2.24, 2.45) is 5.92 Å². The minimum atomic E-state index is -4.30. The summed E-state index contributed by atoms with van der Waals surface area (Å²) in [6.45, 7) is 0. The van der Waals surface area contributed by atoms with E-state index < -0.39 is 17.8 Å². The second-order valence-electron chi connectivity index (χ2n) is 6.20. The molecule has 0 spiro atoms. The number of anilines is 2. The number of benzene rings is 2. The van der Waals surface area contributed by atoms with Crippen LogP contribution in [0.15, 0.2) is 53.4 Å². The third kappa shape index (κ3) is 5.75. The standard InChI is InChI=1S/C19H17F3N2O2S/c20-19(21,22)11-27-16-7-2-1-6-15(16)24-18(26)13-4-3-5-14(10-13)23-17(25)12-8-9-12/h1-7,10,12H,8-9,11H2,(H,23,25)(H,24,26). The smallest absolute Gasteiger partial charge is 0.326 e. The van der Waals surface area contributed by atoms with Gasteiger partial charge in [0.2, 0.25) is 5.91 Å². The quantitative estimate of drug-likeness (QED) is 0.682. The van der Waals surface area contributed by atoms with E-state index >= 15 is 0 Å². The van der Waals surface area contributed by atoms with Crippen molar-refractivity contribution in [2.45, 2.75) is 23.9 Å². The lowest BCUT2D eigenvalue weighted by Crippen LogP contribution is -2.16. The third-order valence-corrected chi connectivity index (χ3v) is 5.01. The molecule has 0 heterocycles. The first-order valence-corrected chi connectivity index (χ1v) is 9.31. The summed E-state index contributed by atoms with van der Waals surface area (Å²) in [7, 11) is 0. The molecule has 0 unspecified atom stereocenters. The van der Waals surface area contributed by atoms with Gasteiger partial charge in [-0.3, -0.25) is 9.59 Å². The number of para-hydroxylation sites is 1. The number of amides is 2. The first-order chi connectivity index (χ1) is 12.8. The molecule has 1 saturated carbocycles. The van der Waals surface area contributed by atoms with E-state index in [0.29, 0.717) is 33.6 Å². The van der Waals surface area contributed by atoms with Crippen LogP contribution in [0.1, 0.15) is 23.2 Å². The molecule has 0 aromatic heterocycles. The van der Waals surface area contributed by atoms with Gasteiger partial charge in [0, 0.05) is 22.1 Å². The number of nitrogens with one attached hydrogen (secondary N) is 2. The highest BCUT2D eigenvalue weighted by Crippen LogP contribution is 2.32. The summed E-state index contributed by atoms with van der Waals surface area (Å²) in [6, 6.07) is 12.8. The van der Waals surface area contributed by atoms with Gasteiger partial charge in [0.05, 0.1) is 11.4 Å². The van der Waals surface area contributed by atoms with E-state index in [1.165, 1.54) is 6.07 Å². The number of hydrogen-bond donors (Lipinski definition) is 2. The minimum absolute atomic E-state index is 0.0417. The number of halogens is 3. The van der Waals surface area contributed by atoms with E-state index in [1.807, 2.05) is 0 Å². The maximum Gasteiger partial charge on any atom is 0.398 e. The van der Waals surface area contributed by atoms with Crippen LogP contribution < -0.4 is 10.6 Å². The molecule has 1 aliphatic rings. The van der Waals surface area contributed by atoms with Crippen molar-refractivity contribution in [1.82, 2.24) is 0 Å². The largest absolute Gasteiger partial charge is 0.398 e. The van der Waals surface area contributed by atoms with E-state index in [2.05, 4.69) is 10.6 Å². The van der Waals surface area contributed by atoms with Crippen molar-refractivity contribution in [3.05, 3.63) is 54.1 Å². The van der Waals surface area contributed by atoms with Crippen LogP contribution in [-0.2, 0) is 4.79 Å². The molecule has 0 atom stereocenters. The highest BCUT2D eigenvalue weighted by atomic mass is 32.2. The molecule has 1 fully saturated rings. The van der Waals surface area contributed by atoms with Gasteiger partial charge < -0.3 is 10.6 Å². The van der Waals surface area contributed by atoms with Gasteiger partial charge >= 0.3 is 6.18 Å². The zero-order valence-electron chi connectivity index (χ0n) is 14.2. The molecule has 2 aromatic carbocycles. The maximum atomic E-state index is 12.5.